The van der Waals surface area contributed by atoms with Crippen LogP contribution < -0.4 is 0 Å². The van der Waals surface area contributed by atoms with Crippen molar-refractivity contribution in [1.82, 2.24) is 0 Å². The molecule has 0 fully saturated rings. The van der Waals surface area contributed by atoms with E-state index in [9.17, 15) is 0 Å². The smallest absolute Gasteiger partial charge is 0.342 e. The Labute approximate surface area is 84.0 Å². The molecule has 0 amide bonds. The first-order valence-electron chi connectivity index (χ1n) is 3.55. The molecular formula is C8H20MgSi. The summed E-state index contributed by atoms with van der Waals surface area (Å²) < 4.78 is 0. The Morgan fingerprint density at radius 1 is 1.30 bits per heavy atom. The molecule has 58 valence electrons. The molecule has 0 spiro atoms. The van der Waals surface area contributed by atoms with Crippen LogP contribution in [-0.2, 0) is 0 Å². The summed E-state index contributed by atoms with van der Waals surface area (Å²) in [5, 5.41) is 0. The van der Waals surface area contributed by atoms with Crippen LogP contribution >= 0.6 is 0 Å². The molecule has 0 radical (unpaired) electrons. The molecule has 10 heavy (non-hydrogen) atoms. The molecule has 0 rings (SSSR count). The maximum Gasteiger partial charge on any atom is 2.00 e. The van der Waals surface area contributed by atoms with E-state index in [1.54, 1.807) is 0 Å². The topological polar surface area (TPSA) is 0 Å². The Bertz CT molecular complexity index is 39.7. The summed E-state index contributed by atoms with van der Waals surface area (Å²) >= 11 is 0. The Morgan fingerprint density at radius 3 is 1.40 bits per heavy atom. The minimum absolute atomic E-state index is 0. The third kappa shape index (κ3) is 146. The maximum absolute atomic E-state index is 3.91. The van der Waals surface area contributed by atoms with Gasteiger partial charge in [-0.3, -0.25) is 0 Å². The van der Waals surface area contributed by atoms with Crippen LogP contribution in [0, 0.1) is 13.0 Å². The van der Waals surface area contributed by atoms with Crippen molar-refractivity contribution >= 4 is 31.1 Å². The number of hydrogen-bond acceptors (Lipinski definition) is 0. The van der Waals surface area contributed by atoms with Crippen molar-refractivity contribution in [3.8, 4) is 0 Å². The summed E-state index contributed by atoms with van der Waals surface area (Å²) in [6.45, 7) is 14.7. The molecule has 0 aliphatic carbocycles. The van der Waals surface area contributed by atoms with Gasteiger partial charge in [0, 0.05) is 0 Å². The predicted molar refractivity (Wildman–Crippen MR) is 54.7 cm³/mol. The van der Waals surface area contributed by atoms with Crippen LogP contribution in [0.3, 0.4) is 0 Å². The summed E-state index contributed by atoms with van der Waals surface area (Å²) in [4.78, 5) is 0. The molecule has 0 aliphatic rings. The fourth-order valence-electron chi connectivity index (χ4n) is 0. The van der Waals surface area contributed by atoms with Crippen molar-refractivity contribution in [2.45, 2.75) is 39.9 Å². The van der Waals surface area contributed by atoms with E-state index in [4.69, 9.17) is 0 Å². The zero-order chi connectivity index (χ0) is 7.91. The SMILES string of the molecule is C[CH-]CC.[CH2-][Si](C)(C)C.[Mg+2]. The first-order valence-corrected chi connectivity index (χ1v) is 7.25. The Balaban J connectivity index is -0.0000000910. The van der Waals surface area contributed by atoms with Crippen molar-refractivity contribution in [2.75, 3.05) is 0 Å². The van der Waals surface area contributed by atoms with Crippen LogP contribution in [0.4, 0.5) is 0 Å². The molecule has 0 aromatic rings. The first-order chi connectivity index (χ1) is 3.91. The molecule has 0 saturated heterocycles. The van der Waals surface area contributed by atoms with Crippen molar-refractivity contribution in [3.63, 3.8) is 0 Å². The van der Waals surface area contributed by atoms with Crippen LogP contribution in [-0.4, -0.2) is 31.1 Å². The Morgan fingerprint density at radius 2 is 1.40 bits per heavy atom. The molecule has 0 saturated carbocycles. The summed E-state index contributed by atoms with van der Waals surface area (Å²) in [6, 6.07) is 0. The molecule has 0 atom stereocenters. The van der Waals surface area contributed by atoms with Gasteiger partial charge in [0.15, 0.2) is 0 Å². The second-order valence-electron chi connectivity index (χ2n) is 3.38. The molecule has 0 bridgehead atoms. The molecular weight excluding hydrogens is 148 g/mol. The van der Waals surface area contributed by atoms with Crippen molar-refractivity contribution in [3.05, 3.63) is 13.0 Å². The van der Waals surface area contributed by atoms with E-state index >= 15 is 0 Å². The molecule has 0 N–H and O–H groups in total. The zero-order valence-corrected chi connectivity index (χ0v) is 10.6. The molecule has 0 aromatic carbocycles. The number of rotatable bonds is 1. The van der Waals surface area contributed by atoms with Gasteiger partial charge in [0.1, 0.15) is 0 Å². The molecule has 0 aliphatic heterocycles. The van der Waals surface area contributed by atoms with E-state index in [0.717, 1.165) is 0 Å². The standard InChI is InChI=1S/C4H11Si.C4H9.Mg/c1-5(2,3)4;1-3-4-2;/h1H2,2-4H3;3H,4H2,1-2H3;/q2*-1;+2. The van der Waals surface area contributed by atoms with Crippen LogP contribution in [0.15, 0.2) is 0 Å². The van der Waals surface area contributed by atoms with Gasteiger partial charge in [0.05, 0.1) is 0 Å². The van der Waals surface area contributed by atoms with E-state index in [1.165, 1.54) is 6.42 Å². The second-order valence-corrected chi connectivity index (χ2v) is 8.50. The number of unbranched alkanes of at least 4 members (excludes halogenated alkanes) is 1. The van der Waals surface area contributed by atoms with E-state index in [0.29, 0.717) is 0 Å². The van der Waals surface area contributed by atoms with Crippen LogP contribution in [0.2, 0.25) is 19.6 Å². The minimum atomic E-state index is -0.861. The van der Waals surface area contributed by atoms with Gasteiger partial charge in [-0.1, -0.05) is 26.6 Å². The average Bonchev–Trinajstić information content (AvgIpc) is 1.61. The first kappa shape index (κ1) is 17.2. The average molecular weight is 169 g/mol. The van der Waals surface area contributed by atoms with Crippen LogP contribution in [0.1, 0.15) is 20.3 Å². The summed E-state index contributed by atoms with van der Waals surface area (Å²) in [7, 11) is -0.861. The predicted octanol–water partition coefficient (Wildman–Crippen LogP) is 2.94. The van der Waals surface area contributed by atoms with Crippen molar-refractivity contribution in [2.24, 2.45) is 0 Å². The van der Waals surface area contributed by atoms with Crippen molar-refractivity contribution < 1.29 is 0 Å². The van der Waals surface area contributed by atoms with Gasteiger partial charge < -0.3 is 13.0 Å². The monoisotopic (exact) mass is 168 g/mol. The van der Waals surface area contributed by atoms with E-state index in [2.05, 4.69) is 46.5 Å². The third-order valence-corrected chi connectivity index (χ3v) is 0.408. The normalized spacial score (nSPS) is 9.00. The molecule has 0 unspecified atom stereocenters. The van der Waals surface area contributed by atoms with E-state index in [1.807, 2.05) is 0 Å². The maximum atomic E-state index is 3.91. The van der Waals surface area contributed by atoms with Gasteiger partial charge in [-0.25, -0.2) is 0 Å². The van der Waals surface area contributed by atoms with Crippen LogP contribution in [0.5, 0.6) is 0 Å². The molecule has 0 aromatic heterocycles. The minimum Gasteiger partial charge on any atom is -0.342 e. The van der Waals surface area contributed by atoms with E-state index < -0.39 is 8.07 Å². The molecule has 2 heteroatoms. The third-order valence-electron chi connectivity index (χ3n) is 0.408. The van der Waals surface area contributed by atoms with E-state index in [-0.39, 0.29) is 23.1 Å². The van der Waals surface area contributed by atoms with Gasteiger partial charge in [-0.15, -0.1) is 8.07 Å². The zero-order valence-electron chi connectivity index (χ0n) is 8.20. The second kappa shape index (κ2) is 9.98. The van der Waals surface area contributed by atoms with Gasteiger partial charge in [0.25, 0.3) is 0 Å². The number of hydrogen-bond donors (Lipinski definition) is 0. The fraction of sp³-hybridized carbons (Fsp3) is 0.750. The summed E-state index contributed by atoms with van der Waals surface area (Å²) in [5.74, 6) is 0. The molecule has 0 heterocycles. The van der Waals surface area contributed by atoms with Gasteiger partial charge in [-0.2, -0.15) is 13.3 Å². The van der Waals surface area contributed by atoms with Crippen molar-refractivity contribution in [1.29, 1.82) is 0 Å². The Hall–Kier alpha value is 0.983. The fourth-order valence-corrected chi connectivity index (χ4v) is 0. The summed E-state index contributed by atoms with van der Waals surface area (Å²) in [6.07, 6.45) is 3.32. The van der Waals surface area contributed by atoms with Crippen LogP contribution in [0.25, 0.3) is 0 Å². The van der Waals surface area contributed by atoms with Gasteiger partial charge in [0.2, 0.25) is 0 Å². The molecule has 0 nitrogen and oxygen atoms in total. The summed E-state index contributed by atoms with van der Waals surface area (Å²) in [5.41, 5.74) is 0. The quantitative estimate of drug-likeness (QED) is 0.417. The largest absolute Gasteiger partial charge is 2.00 e. The van der Waals surface area contributed by atoms with Gasteiger partial charge >= 0.3 is 23.1 Å². The Kier molecular flexibility index (Phi) is 17.1. The van der Waals surface area contributed by atoms with Gasteiger partial charge in [-0.05, 0) is 0 Å².